The molecule has 1 aliphatic rings. The molecule has 0 bridgehead atoms. The minimum atomic E-state index is -1.01. The van der Waals surface area contributed by atoms with E-state index in [1.54, 1.807) is 49.5 Å². The van der Waals surface area contributed by atoms with Crippen LogP contribution in [-0.4, -0.2) is 47.2 Å². The Morgan fingerprint density at radius 1 is 1.07 bits per heavy atom. The van der Waals surface area contributed by atoms with Gasteiger partial charge in [-0.2, -0.15) is 0 Å². The molecule has 0 spiro atoms. The second-order valence-electron chi connectivity index (χ2n) is 5.83. The number of rotatable bonds is 4. The van der Waals surface area contributed by atoms with Crippen molar-refractivity contribution in [2.75, 3.05) is 14.2 Å². The molecule has 0 aromatic heterocycles. The molecule has 3 rings (SSSR count). The average Bonchev–Trinajstić information content (AvgIpc) is 2.96. The van der Waals surface area contributed by atoms with Crippen molar-refractivity contribution in [1.29, 1.82) is 0 Å². The average molecular weight is 396 g/mol. The monoisotopic (exact) mass is 396 g/mol. The van der Waals surface area contributed by atoms with Gasteiger partial charge in [0.15, 0.2) is 5.17 Å². The summed E-state index contributed by atoms with van der Waals surface area (Å²) in [6.07, 6.45) is 1.72. The lowest BCUT2D eigenvalue weighted by Crippen LogP contribution is -2.23. The van der Waals surface area contributed by atoms with Gasteiger partial charge in [-0.15, -0.1) is 0 Å². The summed E-state index contributed by atoms with van der Waals surface area (Å²) in [5, 5.41) is 9.44. The first-order valence-corrected chi connectivity index (χ1v) is 8.98. The summed E-state index contributed by atoms with van der Waals surface area (Å²) >= 11 is 1.22. The molecular formula is C20H16N2O5S. The van der Waals surface area contributed by atoms with Crippen LogP contribution in [-0.2, 0) is 9.53 Å². The lowest BCUT2D eigenvalue weighted by Gasteiger charge is -2.07. The Morgan fingerprint density at radius 2 is 1.68 bits per heavy atom. The topological polar surface area (TPSA) is 96.3 Å². The molecule has 0 atom stereocenters. The van der Waals surface area contributed by atoms with E-state index in [2.05, 4.69) is 9.73 Å². The fourth-order valence-electron chi connectivity index (χ4n) is 2.43. The Hall–Kier alpha value is -3.39. The number of aliphatic imine (C=N–C) groups is 1. The number of amides is 1. The van der Waals surface area contributed by atoms with Crippen molar-refractivity contribution in [2.45, 2.75) is 0 Å². The van der Waals surface area contributed by atoms with Crippen LogP contribution < -0.4 is 0 Å². The van der Waals surface area contributed by atoms with Gasteiger partial charge in [-0.25, -0.2) is 14.6 Å². The highest BCUT2D eigenvalue weighted by Gasteiger charge is 2.30. The molecule has 28 heavy (non-hydrogen) atoms. The van der Waals surface area contributed by atoms with E-state index in [1.165, 1.54) is 35.9 Å². The zero-order valence-electron chi connectivity index (χ0n) is 15.1. The molecule has 1 aliphatic heterocycles. The molecule has 2 aromatic carbocycles. The number of amidine groups is 1. The molecule has 0 saturated carbocycles. The van der Waals surface area contributed by atoms with Crippen molar-refractivity contribution in [3.05, 3.63) is 70.1 Å². The van der Waals surface area contributed by atoms with Crippen LogP contribution in [0.15, 0.2) is 58.4 Å². The third kappa shape index (κ3) is 4.12. The number of aromatic carboxylic acids is 1. The Labute approximate surface area is 165 Å². The molecule has 0 unspecified atom stereocenters. The van der Waals surface area contributed by atoms with E-state index in [0.29, 0.717) is 21.3 Å². The van der Waals surface area contributed by atoms with Crippen molar-refractivity contribution < 1.29 is 24.2 Å². The Kier molecular flexibility index (Phi) is 5.60. The summed E-state index contributed by atoms with van der Waals surface area (Å²) < 4.78 is 4.66. The van der Waals surface area contributed by atoms with Gasteiger partial charge in [-0.05, 0) is 59.8 Å². The third-order valence-electron chi connectivity index (χ3n) is 3.97. The van der Waals surface area contributed by atoms with Crippen LogP contribution in [0, 0.1) is 0 Å². The number of thioether (sulfide) groups is 1. The molecule has 1 heterocycles. The first kappa shape index (κ1) is 19.4. The Morgan fingerprint density at radius 3 is 2.25 bits per heavy atom. The van der Waals surface area contributed by atoms with Crippen LogP contribution in [0.4, 0.5) is 5.69 Å². The lowest BCUT2D eigenvalue weighted by atomic mass is 10.1. The van der Waals surface area contributed by atoms with E-state index < -0.39 is 11.9 Å². The molecule has 2 aromatic rings. The quantitative estimate of drug-likeness (QED) is 0.628. The predicted octanol–water partition coefficient (Wildman–Crippen LogP) is 3.41. The maximum atomic E-state index is 12.5. The number of carbonyl (C=O) groups is 3. The third-order valence-corrected chi connectivity index (χ3v) is 5.03. The van der Waals surface area contributed by atoms with Gasteiger partial charge in [0.2, 0.25) is 0 Å². The van der Waals surface area contributed by atoms with E-state index in [-0.39, 0.29) is 11.5 Å². The van der Waals surface area contributed by atoms with E-state index >= 15 is 0 Å². The van der Waals surface area contributed by atoms with Crippen LogP contribution in [0.3, 0.4) is 0 Å². The second kappa shape index (κ2) is 8.10. The standard InChI is InChI=1S/C20H16N2O5S/c1-22-17(23)16(11-12-3-5-14(6-4-12)19(26)27-2)28-20(22)21-15-9-7-13(8-10-15)18(24)25/h3-11H,1-2H3,(H,24,25). The van der Waals surface area contributed by atoms with Gasteiger partial charge >= 0.3 is 11.9 Å². The van der Waals surface area contributed by atoms with Crippen molar-refractivity contribution in [1.82, 2.24) is 4.90 Å². The first-order valence-electron chi connectivity index (χ1n) is 8.17. The number of methoxy groups -OCH3 is 1. The molecule has 1 fully saturated rings. The molecule has 7 nitrogen and oxygen atoms in total. The van der Waals surface area contributed by atoms with Crippen molar-refractivity contribution >= 4 is 46.5 Å². The van der Waals surface area contributed by atoms with E-state index in [4.69, 9.17) is 5.11 Å². The molecule has 1 amide bonds. The molecule has 1 saturated heterocycles. The van der Waals surface area contributed by atoms with Crippen LogP contribution in [0.1, 0.15) is 26.3 Å². The maximum absolute atomic E-state index is 12.5. The smallest absolute Gasteiger partial charge is 0.337 e. The summed E-state index contributed by atoms with van der Waals surface area (Å²) in [4.78, 5) is 41.2. The van der Waals surface area contributed by atoms with E-state index in [1.807, 2.05) is 0 Å². The van der Waals surface area contributed by atoms with Crippen LogP contribution >= 0.6 is 11.8 Å². The van der Waals surface area contributed by atoms with Crippen LogP contribution in [0.5, 0.6) is 0 Å². The van der Waals surface area contributed by atoms with Gasteiger partial charge in [0.1, 0.15) is 0 Å². The maximum Gasteiger partial charge on any atom is 0.337 e. The number of carboxylic acid groups (broad SMARTS) is 1. The summed E-state index contributed by atoms with van der Waals surface area (Å²) in [5.41, 5.74) is 1.92. The lowest BCUT2D eigenvalue weighted by molar-refractivity contribution is -0.121. The van der Waals surface area contributed by atoms with Gasteiger partial charge in [0.05, 0.1) is 28.8 Å². The number of ether oxygens (including phenoxy) is 1. The summed E-state index contributed by atoms with van der Waals surface area (Å²) in [7, 11) is 2.94. The van der Waals surface area contributed by atoms with Crippen molar-refractivity contribution in [3.8, 4) is 0 Å². The number of nitrogens with zero attached hydrogens (tertiary/aromatic N) is 2. The number of carbonyl (C=O) groups excluding carboxylic acids is 2. The van der Waals surface area contributed by atoms with Gasteiger partial charge in [0, 0.05) is 7.05 Å². The predicted molar refractivity (Wildman–Crippen MR) is 107 cm³/mol. The minimum absolute atomic E-state index is 0.170. The Balaban J connectivity index is 1.81. The summed E-state index contributed by atoms with van der Waals surface area (Å²) in [6, 6.07) is 12.8. The van der Waals surface area contributed by atoms with E-state index in [9.17, 15) is 14.4 Å². The van der Waals surface area contributed by atoms with Gasteiger partial charge in [0.25, 0.3) is 5.91 Å². The fraction of sp³-hybridized carbons (Fsp3) is 0.100. The number of benzene rings is 2. The summed E-state index contributed by atoms with van der Waals surface area (Å²) in [5.74, 6) is -1.62. The fourth-order valence-corrected chi connectivity index (χ4v) is 3.41. The van der Waals surface area contributed by atoms with Gasteiger partial charge < -0.3 is 9.84 Å². The zero-order valence-corrected chi connectivity index (χ0v) is 15.9. The van der Waals surface area contributed by atoms with Crippen molar-refractivity contribution in [3.63, 3.8) is 0 Å². The molecule has 142 valence electrons. The number of hydrogen-bond acceptors (Lipinski definition) is 6. The molecule has 1 N–H and O–H groups in total. The summed E-state index contributed by atoms with van der Waals surface area (Å²) in [6.45, 7) is 0. The number of likely N-dealkylation sites (N-methyl/N-ethyl adjacent to an activating group) is 1. The van der Waals surface area contributed by atoms with E-state index in [0.717, 1.165) is 5.56 Å². The van der Waals surface area contributed by atoms with Crippen molar-refractivity contribution in [2.24, 2.45) is 4.99 Å². The van der Waals surface area contributed by atoms with Crippen LogP contribution in [0.2, 0.25) is 0 Å². The highest BCUT2D eigenvalue weighted by molar-refractivity contribution is 8.18. The normalized spacial score (nSPS) is 16.6. The first-order chi connectivity index (χ1) is 13.4. The molecule has 0 aliphatic carbocycles. The second-order valence-corrected chi connectivity index (χ2v) is 6.84. The number of esters is 1. The van der Waals surface area contributed by atoms with Gasteiger partial charge in [-0.1, -0.05) is 12.1 Å². The Bertz CT molecular complexity index is 994. The highest BCUT2D eigenvalue weighted by atomic mass is 32.2. The number of hydrogen-bond donors (Lipinski definition) is 1. The molecule has 0 radical (unpaired) electrons. The SMILES string of the molecule is COC(=O)c1ccc(C=C2SC(=Nc3ccc(C(=O)O)cc3)N(C)C2=O)cc1. The van der Waals surface area contributed by atoms with Gasteiger partial charge in [-0.3, -0.25) is 9.69 Å². The molecular weight excluding hydrogens is 380 g/mol. The minimum Gasteiger partial charge on any atom is -0.478 e. The highest BCUT2D eigenvalue weighted by Crippen LogP contribution is 2.33. The molecule has 8 heteroatoms. The largest absolute Gasteiger partial charge is 0.478 e. The number of carboxylic acids is 1. The zero-order chi connectivity index (χ0) is 20.3. The van der Waals surface area contributed by atoms with Crippen LogP contribution in [0.25, 0.3) is 6.08 Å².